The van der Waals surface area contributed by atoms with E-state index in [4.69, 9.17) is 0 Å². The number of amides is 2. The minimum Gasteiger partial charge on any atom is -0.504 e. The van der Waals surface area contributed by atoms with Gasteiger partial charge in [0.05, 0.1) is 0 Å². The van der Waals surface area contributed by atoms with E-state index in [0.717, 1.165) is 0 Å². The Bertz CT molecular complexity index is 711. The molecule has 22 heavy (non-hydrogen) atoms. The first kappa shape index (κ1) is 15.1. The third-order valence-electron chi connectivity index (χ3n) is 2.76. The fourth-order valence-electron chi connectivity index (χ4n) is 1.64. The van der Waals surface area contributed by atoms with Gasteiger partial charge in [0, 0.05) is 11.6 Å². The van der Waals surface area contributed by atoms with Crippen LogP contribution >= 0.6 is 0 Å². The minimum absolute atomic E-state index is 0.239. The maximum absolute atomic E-state index is 11.7. The molecule has 2 amide bonds. The zero-order valence-electron chi connectivity index (χ0n) is 11.5. The third kappa shape index (κ3) is 4.11. The molecular weight excluding hydrogens is 284 g/mol. The second-order valence-corrected chi connectivity index (χ2v) is 4.39. The van der Waals surface area contributed by atoms with Gasteiger partial charge in [-0.15, -0.1) is 0 Å². The van der Waals surface area contributed by atoms with Crippen LogP contribution < -0.4 is 10.9 Å². The van der Waals surface area contributed by atoms with Gasteiger partial charge in [0.15, 0.2) is 11.5 Å². The van der Waals surface area contributed by atoms with Crippen molar-refractivity contribution >= 4 is 17.9 Å². The summed E-state index contributed by atoms with van der Waals surface area (Å²) in [6.45, 7) is 0. The summed E-state index contributed by atoms with van der Waals surface area (Å²) in [6.07, 6.45) is 2.63. The van der Waals surface area contributed by atoms with Crippen molar-refractivity contribution in [2.24, 2.45) is 0 Å². The molecule has 112 valence electrons. The van der Waals surface area contributed by atoms with E-state index in [9.17, 15) is 19.8 Å². The quantitative estimate of drug-likeness (QED) is 0.393. The van der Waals surface area contributed by atoms with Gasteiger partial charge in [-0.2, -0.15) is 0 Å². The summed E-state index contributed by atoms with van der Waals surface area (Å²) >= 11 is 0. The maximum atomic E-state index is 11.7. The first-order valence-corrected chi connectivity index (χ1v) is 6.41. The van der Waals surface area contributed by atoms with Crippen molar-refractivity contribution in [3.05, 3.63) is 65.7 Å². The van der Waals surface area contributed by atoms with Crippen LogP contribution in [0, 0.1) is 0 Å². The second-order valence-electron chi connectivity index (χ2n) is 4.39. The number of phenols is 2. The van der Waals surface area contributed by atoms with Gasteiger partial charge >= 0.3 is 0 Å². The van der Waals surface area contributed by atoms with Gasteiger partial charge in [-0.05, 0) is 35.9 Å². The normalized spacial score (nSPS) is 10.4. The molecule has 0 aliphatic carbocycles. The largest absolute Gasteiger partial charge is 0.504 e. The van der Waals surface area contributed by atoms with Crippen molar-refractivity contribution in [3.8, 4) is 11.5 Å². The molecule has 0 heterocycles. The van der Waals surface area contributed by atoms with Crippen LogP contribution in [0.15, 0.2) is 54.6 Å². The number of hydrazine groups is 1. The van der Waals surface area contributed by atoms with Crippen molar-refractivity contribution in [1.29, 1.82) is 0 Å². The molecule has 2 rings (SSSR count). The fraction of sp³-hybridized carbons (Fsp3) is 0. The van der Waals surface area contributed by atoms with Crippen molar-refractivity contribution in [3.63, 3.8) is 0 Å². The van der Waals surface area contributed by atoms with E-state index in [1.165, 1.54) is 30.4 Å². The molecule has 6 heteroatoms. The first-order valence-electron chi connectivity index (χ1n) is 6.41. The fourth-order valence-corrected chi connectivity index (χ4v) is 1.64. The highest BCUT2D eigenvalue weighted by molar-refractivity contribution is 5.97. The second kappa shape index (κ2) is 6.94. The number of nitrogens with one attached hydrogen (secondary N) is 2. The first-order chi connectivity index (χ1) is 10.6. The van der Waals surface area contributed by atoms with Gasteiger partial charge in [0.1, 0.15) is 0 Å². The highest BCUT2D eigenvalue weighted by Gasteiger charge is 2.04. The minimum atomic E-state index is -0.531. The Morgan fingerprint density at radius 2 is 1.64 bits per heavy atom. The number of phenolic OH excluding ortho intramolecular Hbond substituents is 2. The summed E-state index contributed by atoms with van der Waals surface area (Å²) < 4.78 is 0. The lowest BCUT2D eigenvalue weighted by Gasteiger charge is -2.05. The van der Waals surface area contributed by atoms with E-state index in [2.05, 4.69) is 10.9 Å². The van der Waals surface area contributed by atoms with Crippen LogP contribution in [0.3, 0.4) is 0 Å². The molecular formula is C16H14N2O4. The van der Waals surface area contributed by atoms with Crippen LogP contribution in [-0.2, 0) is 4.79 Å². The number of hydrogen-bond donors (Lipinski definition) is 4. The van der Waals surface area contributed by atoms with Crippen LogP contribution in [0.2, 0.25) is 0 Å². The van der Waals surface area contributed by atoms with Gasteiger partial charge in [-0.3, -0.25) is 20.4 Å². The third-order valence-corrected chi connectivity index (χ3v) is 2.76. The van der Waals surface area contributed by atoms with Crippen molar-refractivity contribution < 1.29 is 19.8 Å². The van der Waals surface area contributed by atoms with Gasteiger partial charge in [-0.25, -0.2) is 0 Å². The molecule has 0 bridgehead atoms. The van der Waals surface area contributed by atoms with Crippen LogP contribution in [0.25, 0.3) is 6.08 Å². The Balaban J connectivity index is 1.89. The van der Waals surface area contributed by atoms with Crippen LogP contribution in [0.1, 0.15) is 15.9 Å². The summed E-state index contributed by atoms with van der Waals surface area (Å²) in [5.74, 6) is -1.47. The Kier molecular flexibility index (Phi) is 4.77. The highest BCUT2D eigenvalue weighted by Crippen LogP contribution is 2.25. The molecule has 0 atom stereocenters. The van der Waals surface area contributed by atoms with Crippen molar-refractivity contribution in [2.45, 2.75) is 0 Å². The topological polar surface area (TPSA) is 98.7 Å². The molecule has 0 aliphatic rings. The molecule has 0 saturated carbocycles. The Labute approximate surface area is 126 Å². The molecule has 4 N–H and O–H groups in total. The molecule has 0 saturated heterocycles. The number of aromatic hydroxyl groups is 2. The van der Waals surface area contributed by atoms with Crippen LogP contribution in [0.5, 0.6) is 11.5 Å². The molecule has 2 aromatic carbocycles. The standard InChI is InChI=1S/C16H14N2O4/c19-13-8-6-11(10-14(13)20)7-9-15(21)17-18-16(22)12-4-2-1-3-5-12/h1-10,19-20H,(H,17,21)(H,18,22)/b9-7+. The molecule has 0 fully saturated rings. The van der Waals surface area contributed by atoms with E-state index in [0.29, 0.717) is 11.1 Å². The molecule has 0 unspecified atom stereocenters. The van der Waals surface area contributed by atoms with E-state index in [1.54, 1.807) is 30.3 Å². The van der Waals surface area contributed by atoms with Crippen molar-refractivity contribution in [2.75, 3.05) is 0 Å². The zero-order chi connectivity index (χ0) is 15.9. The highest BCUT2D eigenvalue weighted by atomic mass is 16.3. The zero-order valence-corrected chi connectivity index (χ0v) is 11.5. The molecule has 0 radical (unpaired) electrons. The molecule has 0 spiro atoms. The average Bonchev–Trinajstić information content (AvgIpc) is 2.54. The molecule has 0 aliphatic heterocycles. The Morgan fingerprint density at radius 1 is 0.909 bits per heavy atom. The molecule has 2 aromatic rings. The van der Waals surface area contributed by atoms with E-state index in [1.807, 2.05) is 0 Å². The monoisotopic (exact) mass is 298 g/mol. The average molecular weight is 298 g/mol. The SMILES string of the molecule is O=C(/C=C/c1ccc(O)c(O)c1)NNC(=O)c1ccccc1. The summed E-state index contributed by atoms with van der Waals surface area (Å²) in [6, 6.07) is 12.6. The summed E-state index contributed by atoms with van der Waals surface area (Å²) in [5.41, 5.74) is 5.47. The van der Waals surface area contributed by atoms with Crippen molar-refractivity contribution in [1.82, 2.24) is 10.9 Å². The Hall–Kier alpha value is -3.28. The molecule has 0 aromatic heterocycles. The van der Waals surface area contributed by atoms with E-state index >= 15 is 0 Å². The summed E-state index contributed by atoms with van der Waals surface area (Å²) in [4.78, 5) is 23.3. The van der Waals surface area contributed by atoms with E-state index < -0.39 is 11.8 Å². The number of hydrogen-bond acceptors (Lipinski definition) is 4. The van der Waals surface area contributed by atoms with Gasteiger partial charge in [-0.1, -0.05) is 24.3 Å². The van der Waals surface area contributed by atoms with Gasteiger partial charge in [0.25, 0.3) is 11.8 Å². The predicted molar refractivity (Wildman–Crippen MR) is 80.9 cm³/mol. The van der Waals surface area contributed by atoms with E-state index in [-0.39, 0.29) is 11.5 Å². The lowest BCUT2D eigenvalue weighted by atomic mass is 10.2. The Morgan fingerprint density at radius 3 is 2.32 bits per heavy atom. The van der Waals surface area contributed by atoms with Gasteiger partial charge < -0.3 is 10.2 Å². The number of benzene rings is 2. The van der Waals surface area contributed by atoms with Crippen LogP contribution in [0.4, 0.5) is 0 Å². The lowest BCUT2D eigenvalue weighted by molar-refractivity contribution is -0.117. The maximum Gasteiger partial charge on any atom is 0.269 e. The number of rotatable bonds is 3. The summed E-state index contributed by atoms with van der Waals surface area (Å²) in [7, 11) is 0. The summed E-state index contributed by atoms with van der Waals surface area (Å²) in [5, 5.41) is 18.5. The molecule has 6 nitrogen and oxygen atoms in total. The lowest BCUT2D eigenvalue weighted by Crippen LogP contribution is -2.40. The number of carbonyl (C=O) groups excluding carboxylic acids is 2. The number of carbonyl (C=O) groups is 2. The van der Waals surface area contributed by atoms with Crippen LogP contribution in [-0.4, -0.2) is 22.0 Å². The predicted octanol–water partition coefficient (Wildman–Crippen LogP) is 1.57. The smallest absolute Gasteiger partial charge is 0.269 e. The van der Waals surface area contributed by atoms with Gasteiger partial charge in [0.2, 0.25) is 0 Å².